The van der Waals surface area contributed by atoms with Crippen molar-refractivity contribution >= 4 is 74.8 Å². The number of aliphatic carboxylic acids is 1. The van der Waals surface area contributed by atoms with Crippen LogP contribution in [0.3, 0.4) is 0 Å². The predicted octanol–water partition coefficient (Wildman–Crippen LogP) is -2.63. The van der Waals surface area contributed by atoms with Gasteiger partial charge in [0, 0.05) is 17.6 Å². The summed E-state index contributed by atoms with van der Waals surface area (Å²) in [5.41, 5.74) is 8.57. The van der Waals surface area contributed by atoms with Gasteiger partial charge in [-0.05, 0) is 5.57 Å². The normalized spacial score (nSPS) is 18.0. The van der Waals surface area contributed by atoms with Gasteiger partial charge in [0.25, 0.3) is 11.8 Å². The standard InChI is InChI=1S/C22H23N9O9S3/c1-39-29-12(9-7-43-22(24)25-9)16(33)26-13-18(35)31-14(21(37)38)8(6-42-20(13)31)4-10(41)15-27-28-17(34)19(36)30(15)2-3-40-11(32)5-23/h7,13,20H,2-6,23H2,1H3,(H2,24,25)(H,26,33)(H,28,34)(H,37,38). The average Bonchev–Trinajstić information content (AvgIpc) is 3.41. The summed E-state index contributed by atoms with van der Waals surface area (Å²) < 4.78 is 5.77. The number of thiazole rings is 1. The number of oxime groups is 1. The first kappa shape index (κ1) is 31.5. The number of amides is 2. The number of thiocarbonyl (C=S) groups is 1. The molecule has 0 spiro atoms. The minimum Gasteiger partial charge on any atom is -0.477 e. The first-order valence-corrected chi connectivity index (χ1v) is 14.4. The number of thioether (sulfide) groups is 1. The molecular formula is C22H23N9O9S3. The van der Waals surface area contributed by atoms with Crippen LogP contribution in [0.2, 0.25) is 0 Å². The van der Waals surface area contributed by atoms with Crippen LogP contribution in [0.5, 0.6) is 0 Å². The van der Waals surface area contributed by atoms with Crippen molar-refractivity contribution < 1.29 is 33.9 Å². The highest BCUT2D eigenvalue weighted by Crippen LogP contribution is 2.41. The van der Waals surface area contributed by atoms with Gasteiger partial charge in [-0.15, -0.1) is 23.1 Å². The van der Waals surface area contributed by atoms with E-state index in [2.05, 4.69) is 20.6 Å². The van der Waals surface area contributed by atoms with E-state index in [-0.39, 0.29) is 70.4 Å². The lowest BCUT2D eigenvalue weighted by atomic mass is 10.00. The maximum absolute atomic E-state index is 13.1. The smallest absolute Gasteiger partial charge is 0.352 e. The molecule has 2 amide bonds. The molecule has 7 N–H and O–H groups in total. The third kappa shape index (κ3) is 6.48. The summed E-state index contributed by atoms with van der Waals surface area (Å²) in [7, 11) is 1.23. The number of fused-ring (bicyclic) bond motifs is 1. The number of carboxylic acids is 1. The Bertz CT molecular complexity index is 1680. The Morgan fingerprint density at radius 2 is 2.07 bits per heavy atom. The molecule has 1 saturated heterocycles. The van der Waals surface area contributed by atoms with Crippen LogP contribution in [0.1, 0.15) is 17.9 Å². The fourth-order valence-electron chi connectivity index (χ4n) is 4.15. The summed E-state index contributed by atoms with van der Waals surface area (Å²) in [5, 5.41) is 23.0. The molecule has 2 aromatic rings. The monoisotopic (exact) mass is 653 g/mol. The maximum Gasteiger partial charge on any atom is 0.352 e. The van der Waals surface area contributed by atoms with Gasteiger partial charge in [-0.2, -0.15) is 5.10 Å². The van der Waals surface area contributed by atoms with Crippen LogP contribution in [0.4, 0.5) is 5.13 Å². The zero-order valence-electron chi connectivity index (χ0n) is 22.1. The molecule has 4 rings (SSSR count). The van der Waals surface area contributed by atoms with Crippen molar-refractivity contribution in [2.75, 3.05) is 31.7 Å². The number of H-pyrrole nitrogens is 1. The molecule has 0 bridgehead atoms. The molecule has 0 aliphatic carbocycles. The van der Waals surface area contributed by atoms with Crippen molar-refractivity contribution in [1.29, 1.82) is 0 Å². The Morgan fingerprint density at radius 1 is 1.33 bits per heavy atom. The van der Waals surface area contributed by atoms with Crippen LogP contribution in [-0.4, -0.2) is 102 Å². The van der Waals surface area contributed by atoms with Gasteiger partial charge in [-0.3, -0.25) is 33.4 Å². The van der Waals surface area contributed by atoms with Gasteiger partial charge >= 0.3 is 23.1 Å². The maximum atomic E-state index is 13.1. The average molecular weight is 654 g/mol. The van der Waals surface area contributed by atoms with Gasteiger partial charge in [0.2, 0.25) is 0 Å². The zero-order valence-corrected chi connectivity index (χ0v) is 24.5. The van der Waals surface area contributed by atoms with Crippen LogP contribution >= 0.6 is 35.3 Å². The number of hydrogen-bond donors (Lipinski definition) is 5. The molecule has 1 fully saturated rings. The van der Waals surface area contributed by atoms with E-state index in [0.717, 1.165) is 20.8 Å². The van der Waals surface area contributed by atoms with Gasteiger partial charge in [0.15, 0.2) is 16.7 Å². The lowest BCUT2D eigenvalue weighted by molar-refractivity contribution is -0.150. The molecule has 21 heteroatoms. The summed E-state index contributed by atoms with van der Waals surface area (Å²) >= 11 is 7.69. The van der Waals surface area contributed by atoms with Crippen LogP contribution in [0, 0.1) is 0 Å². The van der Waals surface area contributed by atoms with Crippen molar-refractivity contribution in [2.45, 2.75) is 24.4 Å². The van der Waals surface area contributed by atoms with Gasteiger partial charge in [-0.25, -0.2) is 14.9 Å². The Hall–Kier alpha value is -4.47. The van der Waals surface area contributed by atoms with E-state index in [1.165, 1.54) is 24.3 Å². The SMILES string of the molecule is CON=C(C(=O)NC1C(=O)N2C(C(=O)O)=C(CC(=S)c3n[nH]c(=O)c(=O)n3CCOC(=O)CN)CSC12)c1csc(N)n1. The topological polar surface area (TPSA) is 267 Å². The van der Waals surface area contributed by atoms with E-state index in [0.29, 0.717) is 0 Å². The summed E-state index contributed by atoms with van der Waals surface area (Å²) in [6, 6.07) is -1.08. The Kier molecular flexibility index (Phi) is 9.68. The molecule has 2 aliphatic heterocycles. The number of anilines is 1. The first-order chi connectivity index (χ1) is 20.5. The van der Waals surface area contributed by atoms with Crippen LogP contribution in [0.15, 0.2) is 31.4 Å². The molecule has 228 valence electrons. The van der Waals surface area contributed by atoms with Crippen molar-refractivity contribution in [3.63, 3.8) is 0 Å². The number of aromatic nitrogens is 4. The van der Waals surface area contributed by atoms with Gasteiger partial charge in [-0.1, -0.05) is 17.4 Å². The number of aromatic amines is 1. The number of esters is 1. The van der Waals surface area contributed by atoms with Gasteiger partial charge in [0.1, 0.15) is 36.5 Å². The second-order valence-electron chi connectivity index (χ2n) is 8.67. The summed E-state index contributed by atoms with van der Waals surface area (Å²) in [4.78, 5) is 83.8. The number of nitrogens with one attached hydrogen (secondary N) is 2. The molecule has 4 heterocycles. The number of hydrogen-bond acceptors (Lipinski definition) is 16. The Labute approximate surface area is 254 Å². The summed E-state index contributed by atoms with van der Waals surface area (Å²) in [6.45, 7) is -0.965. The molecule has 2 unspecified atom stereocenters. The molecule has 0 saturated carbocycles. The molecule has 2 aromatic heterocycles. The van der Waals surface area contributed by atoms with Crippen molar-refractivity contribution in [1.82, 2.24) is 30.0 Å². The van der Waals surface area contributed by atoms with E-state index in [9.17, 15) is 33.9 Å². The second kappa shape index (κ2) is 13.2. The number of carbonyl (C=O) groups excluding carboxylic acids is 3. The Balaban J connectivity index is 1.54. The van der Waals surface area contributed by atoms with E-state index in [4.69, 9.17) is 33.3 Å². The van der Waals surface area contributed by atoms with E-state index >= 15 is 0 Å². The largest absolute Gasteiger partial charge is 0.477 e. The molecular weight excluding hydrogens is 630 g/mol. The third-order valence-corrected chi connectivity index (χ3v) is 8.37. The number of rotatable bonds is 12. The number of carbonyl (C=O) groups is 4. The molecule has 0 aromatic carbocycles. The fourth-order valence-corrected chi connectivity index (χ4v) is 6.38. The fraction of sp³-hybridized carbons (Fsp3) is 0.364. The molecule has 18 nitrogen and oxygen atoms in total. The van der Waals surface area contributed by atoms with Crippen LogP contribution < -0.4 is 27.9 Å². The number of nitrogens with two attached hydrogens (primary N) is 2. The van der Waals surface area contributed by atoms with Crippen molar-refractivity contribution in [3.05, 3.63) is 48.9 Å². The highest BCUT2D eigenvalue weighted by Gasteiger charge is 2.54. The molecule has 0 radical (unpaired) electrons. The first-order valence-electron chi connectivity index (χ1n) is 12.1. The minimum absolute atomic E-state index is 0.0212. The molecule has 43 heavy (non-hydrogen) atoms. The number of carboxylic acid groups (broad SMARTS) is 1. The summed E-state index contributed by atoms with van der Waals surface area (Å²) in [6.07, 6.45) is -0.214. The van der Waals surface area contributed by atoms with E-state index in [1.807, 2.05) is 5.10 Å². The predicted molar refractivity (Wildman–Crippen MR) is 155 cm³/mol. The summed E-state index contributed by atoms with van der Waals surface area (Å²) in [5.74, 6) is -3.68. The van der Waals surface area contributed by atoms with Crippen LogP contribution in [0.25, 0.3) is 0 Å². The quantitative estimate of drug-likeness (QED) is 0.0298. The minimum atomic E-state index is -1.42. The third-order valence-electron chi connectivity index (χ3n) is 6.02. The highest BCUT2D eigenvalue weighted by atomic mass is 32.2. The second-order valence-corrected chi connectivity index (χ2v) is 11.2. The highest BCUT2D eigenvalue weighted by molar-refractivity contribution is 8.00. The molecule has 2 aliphatic rings. The Morgan fingerprint density at radius 3 is 2.70 bits per heavy atom. The lowest BCUT2D eigenvalue weighted by Gasteiger charge is -2.49. The van der Waals surface area contributed by atoms with Crippen LogP contribution in [-0.2, 0) is 35.3 Å². The number of β-lactam (4-membered cyclic amide) rings is 1. The van der Waals surface area contributed by atoms with Gasteiger partial charge in [0.05, 0.1) is 18.0 Å². The molecule has 2 atom stereocenters. The van der Waals surface area contributed by atoms with E-state index < -0.39 is 46.3 Å². The zero-order chi connectivity index (χ0) is 31.4. The van der Waals surface area contributed by atoms with E-state index in [1.54, 1.807) is 0 Å². The van der Waals surface area contributed by atoms with Crippen molar-refractivity contribution in [2.24, 2.45) is 10.9 Å². The number of ether oxygens (including phenoxy) is 1. The number of nitrogen functional groups attached to an aromatic ring is 1. The van der Waals surface area contributed by atoms with Gasteiger partial charge < -0.3 is 31.5 Å². The lowest BCUT2D eigenvalue weighted by Crippen LogP contribution is -2.71. The number of nitrogens with zero attached hydrogens (tertiary/aromatic N) is 5. The van der Waals surface area contributed by atoms with Crippen molar-refractivity contribution in [3.8, 4) is 0 Å².